The van der Waals surface area contributed by atoms with Gasteiger partial charge in [-0.15, -0.1) is 0 Å². The van der Waals surface area contributed by atoms with E-state index in [9.17, 15) is 14.8 Å². The summed E-state index contributed by atoms with van der Waals surface area (Å²) in [6.07, 6.45) is 1.04. The highest BCUT2D eigenvalue weighted by molar-refractivity contribution is 6.59. The van der Waals surface area contributed by atoms with Crippen LogP contribution in [0.3, 0.4) is 0 Å². The van der Waals surface area contributed by atoms with E-state index >= 15 is 0 Å². The van der Waals surface area contributed by atoms with Crippen LogP contribution in [0.2, 0.25) is 0 Å². The van der Waals surface area contributed by atoms with Crippen LogP contribution in [0.5, 0.6) is 0 Å². The minimum atomic E-state index is -1.62. The molecule has 2 N–H and O–H groups in total. The topological polar surface area (TPSA) is 82.9 Å². The summed E-state index contributed by atoms with van der Waals surface area (Å²) in [5.41, 5.74) is 0.123. The van der Waals surface area contributed by atoms with Crippen molar-refractivity contribution in [2.24, 2.45) is 0 Å². The van der Waals surface area contributed by atoms with Gasteiger partial charge in [0.15, 0.2) is 0 Å². The third kappa shape index (κ3) is 4.88. The quantitative estimate of drug-likeness (QED) is 0.760. The molecule has 1 amide bonds. The highest BCUT2D eigenvalue weighted by atomic mass is 16.6. The molecular weight excluding hydrogens is 247 g/mol. The Morgan fingerprint density at radius 1 is 1.47 bits per heavy atom. The van der Waals surface area contributed by atoms with Gasteiger partial charge in [-0.25, -0.2) is 4.79 Å². The fraction of sp³-hybridized carbons (Fsp3) is 0.500. The fourth-order valence-corrected chi connectivity index (χ4v) is 1.45. The van der Waals surface area contributed by atoms with Gasteiger partial charge in [0.05, 0.1) is 12.2 Å². The number of hydrogen-bond donors (Lipinski definition) is 2. The van der Waals surface area contributed by atoms with Crippen LogP contribution in [0.1, 0.15) is 26.5 Å². The molecule has 0 aromatic carbocycles. The van der Waals surface area contributed by atoms with Gasteiger partial charge in [0.25, 0.3) is 0 Å². The largest absolute Gasteiger partial charge is 0.490 e. The highest BCUT2D eigenvalue weighted by Crippen LogP contribution is 2.10. The molecule has 0 aliphatic carbocycles. The van der Waals surface area contributed by atoms with Crippen molar-refractivity contribution in [1.82, 2.24) is 9.88 Å². The summed E-state index contributed by atoms with van der Waals surface area (Å²) in [4.78, 5) is 17.2. The first-order chi connectivity index (χ1) is 8.70. The van der Waals surface area contributed by atoms with Gasteiger partial charge < -0.3 is 19.7 Å². The van der Waals surface area contributed by atoms with Crippen LogP contribution in [0, 0.1) is 0 Å². The molecule has 1 heterocycles. The number of pyridine rings is 1. The Kier molecular flexibility index (Phi) is 4.91. The van der Waals surface area contributed by atoms with Gasteiger partial charge in [-0.2, -0.15) is 0 Å². The van der Waals surface area contributed by atoms with E-state index in [1.54, 1.807) is 40.0 Å². The van der Waals surface area contributed by atoms with E-state index in [2.05, 4.69) is 4.98 Å². The van der Waals surface area contributed by atoms with Gasteiger partial charge in [0.1, 0.15) is 5.60 Å². The maximum atomic E-state index is 11.8. The zero-order valence-corrected chi connectivity index (χ0v) is 11.6. The first-order valence-electron chi connectivity index (χ1n) is 5.95. The molecule has 104 valence electrons. The van der Waals surface area contributed by atoms with Gasteiger partial charge in [0, 0.05) is 18.7 Å². The first kappa shape index (κ1) is 15.5. The summed E-state index contributed by atoms with van der Waals surface area (Å²) in [5, 5.41) is 18.4. The Balaban J connectivity index is 2.77. The number of aromatic nitrogens is 1. The first-order valence-corrected chi connectivity index (χ1v) is 5.95. The molecule has 0 fully saturated rings. The van der Waals surface area contributed by atoms with E-state index in [1.807, 2.05) is 0 Å². The predicted molar refractivity (Wildman–Crippen MR) is 71.8 cm³/mol. The molecule has 0 spiro atoms. The second kappa shape index (κ2) is 6.03. The fourth-order valence-electron chi connectivity index (χ4n) is 1.45. The number of nitrogens with zero attached hydrogens (tertiary/aromatic N) is 2. The smallest absolute Gasteiger partial charge is 0.444 e. The van der Waals surface area contributed by atoms with E-state index in [0.29, 0.717) is 5.69 Å². The van der Waals surface area contributed by atoms with Crippen LogP contribution in [0.25, 0.3) is 0 Å². The maximum absolute atomic E-state index is 11.8. The van der Waals surface area contributed by atoms with Crippen molar-refractivity contribution in [2.75, 3.05) is 7.05 Å². The molecule has 0 unspecified atom stereocenters. The molecule has 0 saturated heterocycles. The molecule has 0 bridgehead atoms. The molecule has 1 rings (SSSR count). The summed E-state index contributed by atoms with van der Waals surface area (Å²) < 4.78 is 5.21. The van der Waals surface area contributed by atoms with Crippen molar-refractivity contribution >= 4 is 18.7 Å². The third-order valence-electron chi connectivity index (χ3n) is 2.30. The summed E-state index contributed by atoms with van der Waals surface area (Å²) in [5.74, 6) is 0. The lowest BCUT2D eigenvalue weighted by molar-refractivity contribution is 0.0283. The van der Waals surface area contributed by atoms with Crippen LogP contribution in [-0.4, -0.2) is 45.8 Å². The number of carbonyl (C=O) groups excluding carboxylic acids is 1. The minimum absolute atomic E-state index is 0.142. The number of carbonyl (C=O) groups is 1. The molecule has 1 aromatic rings. The maximum Gasteiger partial charge on any atom is 0.490 e. The van der Waals surface area contributed by atoms with Crippen molar-refractivity contribution in [1.29, 1.82) is 0 Å². The number of amides is 1. The molecule has 0 saturated carbocycles. The number of ether oxygens (including phenoxy) is 1. The second-order valence-electron chi connectivity index (χ2n) is 5.25. The Morgan fingerprint density at radius 3 is 2.63 bits per heavy atom. The Morgan fingerprint density at radius 2 is 2.11 bits per heavy atom. The van der Waals surface area contributed by atoms with Crippen LogP contribution < -0.4 is 5.46 Å². The second-order valence-corrected chi connectivity index (χ2v) is 5.25. The van der Waals surface area contributed by atoms with Crippen LogP contribution in [-0.2, 0) is 11.3 Å². The van der Waals surface area contributed by atoms with Gasteiger partial charge >= 0.3 is 13.2 Å². The van der Waals surface area contributed by atoms with E-state index in [4.69, 9.17) is 4.74 Å². The summed E-state index contributed by atoms with van der Waals surface area (Å²) in [7, 11) is -0.0493. The monoisotopic (exact) mass is 266 g/mol. The van der Waals surface area contributed by atoms with Gasteiger partial charge in [0.2, 0.25) is 0 Å². The molecule has 0 radical (unpaired) electrons. The van der Waals surface area contributed by atoms with Gasteiger partial charge in [-0.1, -0.05) is 6.07 Å². The van der Waals surface area contributed by atoms with Crippen molar-refractivity contribution < 1.29 is 19.6 Å². The standard InChI is InChI=1S/C12H19BN2O4/c1-12(2,3)19-11(16)15(4)8-10-9(13(17)18)6-5-7-14-10/h5-7,17-18H,8H2,1-4H3. The predicted octanol–water partition coefficient (Wildman–Crippen LogP) is 0.128. The van der Waals surface area contributed by atoms with E-state index in [0.717, 1.165) is 0 Å². The van der Waals surface area contributed by atoms with Crippen molar-refractivity contribution in [3.05, 3.63) is 24.0 Å². The number of hydrogen-bond acceptors (Lipinski definition) is 5. The third-order valence-corrected chi connectivity index (χ3v) is 2.30. The molecule has 19 heavy (non-hydrogen) atoms. The molecule has 6 nitrogen and oxygen atoms in total. The molecule has 0 atom stereocenters. The Bertz CT molecular complexity index is 446. The van der Waals surface area contributed by atoms with Crippen LogP contribution in [0.15, 0.2) is 18.3 Å². The van der Waals surface area contributed by atoms with E-state index in [1.165, 1.54) is 11.1 Å². The zero-order valence-electron chi connectivity index (χ0n) is 11.6. The van der Waals surface area contributed by atoms with E-state index in [-0.39, 0.29) is 12.0 Å². The minimum Gasteiger partial charge on any atom is -0.444 e. The molecule has 0 aliphatic heterocycles. The zero-order chi connectivity index (χ0) is 14.6. The van der Waals surface area contributed by atoms with Crippen molar-refractivity contribution in [3.8, 4) is 0 Å². The normalized spacial score (nSPS) is 11.1. The van der Waals surface area contributed by atoms with Gasteiger partial charge in [-0.05, 0) is 26.8 Å². The molecule has 0 aliphatic rings. The van der Waals surface area contributed by atoms with Crippen LogP contribution in [0.4, 0.5) is 4.79 Å². The highest BCUT2D eigenvalue weighted by Gasteiger charge is 2.22. The lowest BCUT2D eigenvalue weighted by Crippen LogP contribution is -2.39. The Labute approximate surface area is 113 Å². The summed E-state index contributed by atoms with van der Waals surface area (Å²) in [6, 6.07) is 3.15. The average Bonchev–Trinajstić information content (AvgIpc) is 2.27. The molecular formula is C12H19BN2O4. The average molecular weight is 266 g/mol. The van der Waals surface area contributed by atoms with Crippen molar-refractivity contribution in [2.45, 2.75) is 32.9 Å². The van der Waals surface area contributed by atoms with Gasteiger partial charge in [-0.3, -0.25) is 4.98 Å². The SMILES string of the molecule is CN(Cc1ncccc1B(O)O)C(=O)OC(C)(C)C. The van der Waals surface area contributed by atoms with Crippen molar-refractivity contribution in [3.63, 3.8) is 0 Å². The molecule has 1 aromatic heterocycles. The molecule has 7 heteroatoms. The summed E-state index contributed by atoms with van der Waals surface area (Å²) >= 11 is 0. The lowest BCUT2D eigenvalue weighted by atomic mass is 9.79. The number of rotatable bonds is 3. The van der Waals surface area contributed by atoms with E-state index < -0.39 is 18.8 Å². The van der Waals surface area contributed by atoms with Crippen LogP contribution >= 0.6 is 0 Å². The summed E-state index contributed by atoms with van der Waals surface area (Å²) in [6.45, 7) is 5.48. The lowest BCUT2D eigenvalue weighted by Gasteiger charge is -2.24. The Hall–Kier alpha value is -1.60.